The number of guanidine groups is 1. The summed E-state index contributed by atoms with van der Waals surface area (Å²) < 4.78 is 0. The second-order valence-corrected chi connectivity index (χ2v) is 6.91. The molecule has 1 fully saturated rings. The van der Waals surface area contributed by atoms with E-state index in [1.54, 1.807) is 7.05 Å². The van der Waals surface area contributed by atoms with Gasteiger partial charge < -0.3 is 16.0 Å². The van der Waals surface area contributed by atoms with Gasteiger partial charge in [0.1, 0.15) is 0 Å². The third-order valence-corrected chi connectivity index (χ3v) is 5.16. The Bertz CT molecular complexity index is 524. The molecule has 1 aromatic rings. The third kappa shape index (κ3) is 5.78. The zero-order valence-corrected chi connectivity index (χ0v) is 14.7. The molecule has 0 saturated carbocycles. The first-order valence-electron chi connectivity index (χ1n) is 8.16. The highest BCUT2D eigenvalue weighted by molar-refractivity contribution is 8.00. The maximum atomic E-state index is 11.7. The van der Waals surface area contributed by atoms with Gasteiger partial charge in [0.2, 0.25) is 0 Å². The van der Waals surface area contributed by atoms with Gasteiger partial charge in [-0.25, -0.2) is 0 Å². The molecule has 1 atom stereocenters. The van der Waals surface area contributed by atoms with Crippen molar-refractivity contribution in [2.45, 2.75) is 31.6 Å². The van der Waals surface area contributed by atoms with Crippen molar-refractivity contribution < 1.29 is 4.79 Å². The van der Waals surface area contributed by atoms with E-state index in [4.69, 9.17) is 0 Å². The Morgan fingerprint density at radius 1 is 1.26 bits per heavy atom. The number of hydrogen-bond donors (Lipinski definition) is 3. The van der Waals surface area contributed by atoms with Gasteiger partial charge in [-0.05, 0) is 43.2 Å². The molecular weight excluding hydrogens is 308 g/mol. The fraction of sp³-hybridized carbons (Fsp3) is 0.529. The highest BCUT2D eigenvalue weighted by Crippen LogP contribution is 2.25. The van der Waals surface area contributed by atoms with Crippen LogP contribution < -0.4 is 16.0 Å². The average Bonchev–Trinajstić information content (AvgIpc) is 3.09. The molecule has 0 aliphatic carbocycles. The minimum atomic E-state index is -0.0291. The molecule has 23 heavy (non-hydrogen) atoms. The van der Waals surface area contributed by atoms with Crippen LogP contribution in [0.1, 0.15) is 35.7 Å². The molecule has 3 N–H and O–H groups in total. The van der Waals surface area contributed by atoms with Gasteiger partial charge in [-0.1, -0.05) is 12.1 Å². The van der Waals surface area contributed by atoms with Crippen molar-refractivity contribution in [1.82, 2.24) is 16.0 Å². The first-order chi connectivity index (χ1) is 11.2. The van der Waals surface area contributed by atoms with Crippen molar-refractivity contribution in [2.75, 3.05) is 25.9 Å². The lowest BCUT2D eigenvalue weighted by Gasteiger charge is -2.15. The zero-order chi connectivity index (χ0) is 16.5. The predicted molar refractivity (Wildman–Crippen MR) is 98.1 cm³/mol. The number of aliphatic imine (C=N–C) groups is 1. The van der Waals surface area contributed by atoms with Crippen LogP contribution in [-0.4, -0.2) is 43.0 Å². The van der Waals surface area contributed by atoms with Gasteiger partial charge in [0.25, 0.3) is 5.91 Å². The van der Waals surface area contributed by atoms with Gasteiger partial charge in [0, 0.05) is 37.5 Å². The van der Waals surface area contributed by atoms with Crippen molar-refractivity contribution in [3.8, 4) is 0 Å². The summed E-state index contributed by atoms with van der Waals surface area (Å²) in [6.45, 7) is 4.20. The summed E-state index contributed by atoms with van der Waals surface area (Å²) in [4.78, 5) is 16.0. The van der Waals surface area contributed by atoms with Crippen molar-refractivity contribution >= 4 is 23.6 Å². The molecule has 0 aromatic heterocycles. The molecule has 1 saturated heterocycles. The summed E-state index contributed by atoms with van der Waals surface area (Å²) in [6, 6.07) is 7.65. The molecule has 1 aromatic carbocycles. The van der Waals surface area contributed by atoms with Crippen LogP contribution in [0.2, 0.25) is 0 Å². The van der Waals surface area contributed by atoms with Gasteiger partial charge in [-0.15, -0.1) is 0 Å². The summed E-state index contributed by atoms with van der Waals surface area (Å²) in [5, 5.41) is 10.2. The van der Waals surface area contributed by atoms with E-state index in [0.717, 1.165) is 18.1 Å². The van der Waals surface area contributed by atoms with Crippen LogP contribution in [0, 0.1) is 0 Å². The number of carbonyl (C=O) groups excluding carboxylic acids is 1. The van der Waals surface area contributed by atoms with Gasteiger partial charge >= 0.3 is 0 Å². The number of hydrogen-bond acceptors (Lipinski definition) is 3. The van der Waals surface area contributed by atoms with Gasteiger partial charge in [-0.3, -0.25) is 9.79 Å². The number of carbonyl (C=O) groups is 1. The first-order valence-corrected chi connectivity index (χ1v) is 9.21. The fourth-order valence-electron chi connectivity index (χ4n) is 2.46. The smallest absolute Gasteiger partial charge is 0.251 e. The molecule has 0 bridgehead atoms. The lowest BCUT2D eigenvalue weighted by molar-refractivity contribution is 0.0956. The Kier molecular flexibility index (Phi) is 7.26. The van der Waals surface area contributed by atoms with E-state index in [1.165, 1.54) is 18.6 Å². The molecule has 1 aliphatic heterocycles. The summed E-state index contributed by atoms with van der Waals surface area (Å²) in [7, 11) is 1.79. The van der Waals surface area contributed by atoms with E-state index in [-0.39, 0.29) is 5.91 Å². The fourth-order valence-corrected chi connectivity index (χ4v) is 3.66. The largest absolute Gasteiger partial charge is 0.355 e. The number of benzene rings is 1. The van der Waals surface area contributed by atoms with Crippen LogP contribution in [0.5, 0.6) is 0 Å². The molecule has 1 heterocycles. The molecule has 6 heteroatoms. The Morgan fingerprint density at radius 2 is 2.04 bits per heavy atom. The number of nitrogens with one attached hydrogen (secondary N) is 3. The summed E-state index contributed by atoms with van der Waals surface area (Å²) in [6.07, 6.45) is 2.61. The van der Waals surface area contributed by atoms with Crippen molar-refractivity contribution in [2.24, 2.45) is 4.99 Å². The lowest BCUT2D eigenvalue weighted by Crippen LogP contribution is -2.39. The van der Waals surface area contributed by atoms with Gasteiger partial charge in [0.15, 0.2) is 5.96 Å². The Morgan fingerprint density at radius 3 is 2.65 bits per heavy atom. The van der Waals surface area contributed by atoms with Crippen molar-refractivity contribution in [3.63, 3.8) is 0 Å². The van der Waals surface area contributed by atoms with E-state index >= 15 is 0 Å². The van der Waals surface area contributed by atoms with Crippen LogP contribution in [-0.2, 0) is 6.54 Å². The average molecular weight is 334 g/mol. The van der Waals surface area contributed by atoms with Crippen molar-refractivity contribution in [3.05, 3.63) is 35.4 Å². The van der Waals surface area contributed by atoms with Gasteiger partial charge in [-0.2, -0.15) is 11.8 Å². The maximum absolute atomic E-state index is 11.7. The second-order valence-electron chi connectivity index (χ2n) is 5.50. The van der Waals surface area contributed by atoms with Gasteiger partial charge in [0.05, 0.1) is 0 Å². The van der Waals surface area contributed by atoms with E-state index in [0.29, 0.717) is 23.9 Å². The Hall–Kier alpha value is -1.69. The summed E-state index contributed by atoms with van der Waals surface area (Å²) in [5.74, 6) is 2.07. The number of rotatable bonds is 6. The van der Waals surface area contributed by atoms with Crippen molar-refractivity contribution in [1.29, 1.82) is 0 Å². The number of thioether (sulfide) groups is 1. The zero-order valence-electron chi connectivity index (χ0n) is 13.9. The van der Waals surface area contributed by atoms with Crippen LogP contribution in [0.4, 0.5) is 0 Å². The summed E-state index contributed by atoms with van der Waals surface area (Å²) in [5.41, 5.74) is 1.81. The van der Waals surface area contributed by atoms with E-state index in [9.17, 15) is 4.79 Å². The molecular formula is C17H26N4OS. The van der Waals surface area contributed by atoms with Crippen LogP contribution in [0.15, 0.2) is 29.3 Å². The molecule has 0 spiro atoms. The monoisotopic (exact) mass is 334 g/mol. The molecule has 1 aliphatic rings. The SMILES string of the molecule is CCNC(=O)c1ccc(CNC(=NC)NCC2CCCS2)cc1. The maximum Gasteiger partial charge on any atom is 0.251 e. The standard InChI is InChI=1S/C17H26N4OS/c1-3-19-16(22)14-8-6-13(7-9-14)11-20-17(18-2)21-12-15-5-4-10-23-15/h6-9,15H,3-5,10-12H2,1-2H3,(H,19,22)(H2,18,20,21). The van der Waals surface area contributed by atoms with E-state index in [1.807, 2.05) is 43.0 Å². The second kappa shape index (κ2) is 9.45. The van der Waals surface area contributed by atoms with E-state index in [2.05, 4.69) is 20.9 Å². The Labute approximate surface area is 142 Å². The summed E-state index contributed by atoms with van der Waals surface area (Å²) >= 11 is 2.03. The van der Waals surface area contributed by atoms with Crippen LogP contribution >= 0.6 is 11.8 Å². The molecule has 1 amide bonds. The number of nitrogens with zero attached hydrogens (tertiary/aromatic N) is 1. The minimum absolute atomic E-state index is 0.0291. The molecule has 2 rings (SSSR count). The van der Waals surface area contributed by atoms with E-state index < -0.39 is 0 Å². The van der Waals surface area contributed by atoms with Crippen LogP contribution in [0.25, 0.3) is 0 Å². The normalized spacial score (nSPS) is 17.8. The highest BCUT2D eigenvalue weighted by atomic mass is 32.2. The minimum Gasteiger partial charge on any atom is -0.355 e. The third-order valence-electron chi connectivity index (χ3n) is 3.76. The van der Waals surface area contributed by atoms with Crippen LogP contribution in [0.3, 0.4) is 0 Å². The highest BCUT2D eigenvalue weighted by Gasteiger charge is 2.15. The molecule has 5 nitrogen and oxygen atoms in total. The number of amides is 1. The molecule has 126 valence electrons. The predicted octanol–water partition coefficient (Wildman–Crippen LogP) is 2.00. The quantitative estimate of drug-likeness (QED) is 0.550. The first kappa shape index (κ1) is 17.7. The molecule has 0 radical (unpaired) electrons. The molecule has 1 unspecified atom stereocenters. The lowest BCUT2D eigenvalue weighted by atomic mass is 10.1. The topological polar surface area (TPSA) is 65.5 Å². The Balaban J connectivity index is 1.78.